The summed E-state index contributed by atoms with van der Waals surface area (Å²) < 4.78 is 5.79. The van der Waals surface area contributed by atoms with Gasteiger partial charge in [-0.25, -0.2) is 0 Å². The van der Waals surface area contributed by atoms with Crippen molar-refractivity contribution in [2.24, 2.45) is 23.7 Å². The zero-order chi connectivity index (χ0) is 22.6. The van der Waals surface area contributed by atoms with E-state index in [0.717, 1.165) is 29.7 Å². The second kappa shape index (κ2) is 8.15. The van der Waals surface area contributed by atoms with Gasteiger partial charge in [-0.1, -0.05) is 19.9 Å². The molecule has 32 heavy (non-hydrogen) atoms. The minimum Gasteiger partial charge on any atom is -0.389 e. The van der Waals surface area contributed by atoms with Crippen LogP contribution in [0.4, 0.5) is 5.69 Å². The molecule has 0 radical (unpaired) electrons. The van der Waals surface area contributed by atoms with Gasteiger partial charge in [-0.3, -0.25) is 19.3 Å². The number of rotatable bonds is 4. The van der Waals surface area contributed by atoms with Crippen LogP contribution in [0.25, 0.3) is 0 Å². The van der Waals surface area contributed by atoms with Crippen molar-refractivity contribution >= 4 is 23.4 Å². The number of aliphatic hydroxyl groups excluding tert-OH is 1. The standard InChI is InChI=1S/C24H31N3O5/c1-12-3-4-13(2)22-21(12)23(30)27(24(22)31)10-20(29)25-9-14-5-6-16-15(7-14)19-8-17(26-16)18(28)11-32-19/h5-7,12-13,17-19,21-22,26,28H,3-4,8-11H2,1-2H3,(H,25,29)/t12-,13+,17-,18+,19-,21+,22-/m0/s1. The summed E-state index contributed by atoms with van der Waals surface area (Å²) in [7, 11) is 0. The normalized spacial score (nSPS) is 35.7. The molecule has 1 aliphatic carbocycles. The first kappa shape index (κ1) is 21.4. The molecule has 1 saturated carbocycles. The lowest BCUT2D eigenvalue weighted by Crippen LogP contribution is -2.46. The number of nitrogens with one attached hydrogen (secondary N) is 2. The molecule has 0 unspecified atom stereocenters. The predicted octanol–water partition coefficient (Wildman–Crippen LogP) is 1.59. The predicted molar refractivity (Wildman–Crippen MR) is 116 cm³/mol. The largest absolute Gasteiger partial charge is 0.389 e. The van der Waals surface area contributed by atoms with E-state index in [4.69, 9.17) is 4.74 Å². The molecule has 1 aromatic carbocycles. The summed E-state index contributed by atoms with van der Waals surface area (Å²) in [5, 5.41) is 16.2. The zero-order valence-corrected chi connectivity index (χ0v) is 18.5. The minimum absolute atomic E-state index is 0.00327. The van der Waals surface area contributed by atoms with Crippen molar-refractivity contribution in [1.29, 1.82) is 0 Å². The van der Waals surface area contributed by atoms with Gasteiger partial charge in [-0.15, -0.1) is 0 Å². The first-order valence-electron chi connectivity index (χ1n) is 11.6. The van der Waals surface area contributed by atoms with Crippen LogP contribution < -0.4 is 10.6 Å². The Morgan fingerprint density at radius 3 is 2.56 bits per heavy atom. The molecule has 7 atom stereocenters. The van der Waals surface area contributed by atoms with Crippen molar-refractivity contribution in [3.8, 4) is 0 Å². The Balaban J connectivity index is 1.22. The van der Waals surface area contributed by atoms with Crippen molar-refractivity contribution < 1.29 is 24.2 Å². The molecule has 3 heterocycles. The third-order valence-electron chi connectivity index (χ3n) is 7.79. The number of aliphatic hydroxyl groups is 1. The van der Waals surface area contributed by atoms with Crippen LogP contribution in [0.15, 0.2) is 18.2 Å². The molecule has 2 bridgehead atoms. The highest BCUT2D eigenvalue weighted by atomic mass is 16.5. The average molecular weight is 442 g/mol. The summed E-state index contributed by atoms with van der Waals surface area (Å²) in [6, 6.07) is 5.87. The van der Waals surface area contributed by atoms with Gasteiger partial charge in [-0.2, -0.15) is 0 Å². The quantitative estimate of drug-likeness (QED) is 0.613. The van der Waals surface area contributed by atoms with Crippen LogP contribution >= 0.6 is 0 Å². The number of fused-ring (bicyclic) bond motifs is 5. The Hall–Kier alpha value is -2.45. The van der Waals surface area contributed by atoms with Crippen LogP contribution in [-0.2, 0) is 25.7 Å². The number of carbonyl (C=O) groups excluding carboxylic acids is 3. The second-order valence-electron chi connectivity index (χ2n) is 9.92. The number of amides is 3. The number of nitrogens with zero attached hydrogens (tertiary/aromatic N) is 1. The van der Waals surface area contributed by atoms with Crippen molar-refractivity contribution in [3.63, 3.8) is 0 Å². The van der Waals surface area contributed by atoms with E-state index in [2.05, 4.69) is 10.6 Å². The average Bonchev–Trinajstić information content (AvgIpc) is 3.03. The lowest BCUT2D eigenvalue weighted by atomic mass is 9.69. The molecular formula is C24H31N3O5. The zero-order valence-electron chi connectivity index (χ0n) is 18.5. The molecule has 0 spiro atoms. The highest BCUT2D eigenvalue weighted by Crippen LogP contribution is 2.44. The fraction of sp³-hybridized carbons (Fsp3) is 0.625. The number of anilines is 1. The number of likely N-dealkylation sites (tertiary alicyclic amines) is 1. The third-order valence-corrected chi connectivity index (χ3v) is 7.79. The first-order chi connectivity index (χ1) is 15.3. The lowest BCUT2D eigenvalue weighted by Gasteiger charge is -2.40. The summed E-state index contributed by atoms with van der Waals surface area (Å²) in [5.41, 5.74) is 2.89. The summed E-state index contributed by atoms with van der Waals surface area (Å²) in [6.45, 7) is 4.45. The van der Waals surface area contributed by atoms with E-state index in [-0.39, 0.29) is 60.1 Å². The van der Waals surface area contributed by atoms with E-state index in [0.29, 0.717) is 19.6 Å². The topological polar surface area (TPSA) is 108 Å². The molecule has 8 heteroatoms. The van der Waals surface area contributed by atoms with Crippen molar-refractivity contribution in [2.45, 2.75) is 57.9 Å². The van der Waals surface area contributed by atoms with Gasteiger partial charge in [0.05, 0.1) is 36.7 Å². The van der Waals surface area contributed by atoms with Crippen molar-refractivity contribution in [2.75, 3.05) is 18.5 Å². The Kier molecular flexibility index (Phi) is 5.45. The van der Waals surface area contributed by atoms with Crippen LogP contribution in [0.2, 0.25) is 0 Å². The number of hydrogen-bond acceptors (Lipinski definition) is 6. The number of carbonyl (C=O) groups is 3. The maximum atomic E-state index is 12.9. The van der Waals surface area contributed by atoms with E-state index in [1.54, 1.807) is 0 Å². The molecule has 2 saturated heterocycles. The fourth-order valence-corrected chi connectivity index (χ4v) is 5.89. The first-order valence-corrected chi connectivity index (χ1v) is 11.6. The molecule has 3 N–H and O–H groups in total. The van der Waals surface area contributed by atoms with Crippen LogP contribution in [0.1, 0.15) is 50.3 Å². The molecule has 8 nitrogen and oxygen atoms in total. The van der Waals surface area contributed by atoms with Crippen LogP contribution in [0.5, 0.6) is 0 Å². The molecule has 3 fully saturated rings. The number of ether oxygens (including phenoxy) is 1. The number of imide groups is 1. The third kappa shape index (κ3) is 3.59. The molecular weight excluding hydrogens is 410 g/mol. The summed E-state index contributed by atoms with van der Waals surface area (Å²) >= 11 is 0. The highest BCUT2D eigenvalue weighted by molar-refractivity contribution is 6.07. The van der Waals surface area contributed by atoms with E-state index in [1.165, 1.54) is 4.90 Å². The minimum atomic E-state index is -0.510. The molecule has 4 aliphatic rings. The SMILES string of the molecule is C[C@@H]1CC[C@H](C)[C@H]2C(=O)N(CC(=O)NCc3ccc4c(c3)[C@@H]3C[C@H](N4)[C@H](O)CO3)C(=O)[C@H]21. The monoisotopic (exact) mass is 441 g/mol. The molecule has 1 aromatic rings. The highest BCUT2D eigenvalue weighted by Gasteiger charge is 2.53. The maximum absolute atomic E-state index is 12.9. The maximum Gasteiger partial charge on any atom is 0.240 e. The van der Waals surface area contributed by atoms with Gasteiger partial charge in [-0.05, 0) is 42.4 Å². The van der Waals surface area contributed by atoms with E-state index < -0.39 is 6.10 Å². The smallest absolute Gasteiger partial charge is 0.240 e. The molecule has 0 aromatic heterocycles. The van der Waals surface area contributed by atoms with Gasteiger partial charge in [0.1, 0.15) is 6.54 Å². The van der Waals surface area contributed by atoms with E-state index in [9.17, 15) is 19.5 Å². The van der Waals surface area contributed by atoms with Gasteiger partial charge >= 0.3 is 0 Å². The summed E-state index contributed by atoms with van der Waals surface area (Å²) in [5.74, 6) is -0.950. The van der Waals surface area contributed by atoms with E-state index in [1.807, 2.05) is 32.0 Å². The van der Waals surface area contributed by atoms with Crippen LogP contribution in [0.3, 0.4) is 0 Å². The van der Waals surface area contributed by atoms with Gasteiger partial charge < -0.3 is 20.5 Å². The Morgan fingerprint density at radius 1 is 1.19 bits per heavy atom. The summed E-state index contributed by atoms with van der Waals surface area (Å²) in [4.78, 5) is 39.5. The van der Waals surface area contributed by atoms with Crippen molar-refractivity contribution in [3.05, 3.63) is 29.3 Å². The Labute approximate surface area is 187 Å². The van der Waals surface area contributed by atoms with E-state index >= 15 is 0 Å². The van der Waals surface area contributed by atoms with Crippen molar-refractivity contribution in [1.82, 2.24) is 10.2 Å². The fourth-order valence-electron chi connectivity index (χ4n) is 5.89. The summed E-state index contributed by atoms with van der Waals surface area (Å²) in [6.07, 6.45) is 2.02. The molecule has 172 valence electrons. The number of benzene rings is 1. The van der Waals surface area contributed by atoms with Gasteiger partial charge in [0, 0.05) is 24.2 Å². The molecule has 3 aliphatic heterocycles. The molecule has 5 rings (SSSR count). The van der Waals surface area contributed by atoms with Gasteiger partial charge in [0.2, 0.25) is 17.7 Å². The van der Waals surface area contributed by atoms with Gasteiger partial charge in [0.15, 0.2) is 0 Å². The lowest BCUT2D eigenvalue weighted by molar-refractivity contribution is -0.144. The Morgan fingerprint density at radius 2 is 1.88 bits per heavy atom. The second-order valence-corrected chi connectivity index (χ2v) is 9.92. The van der Waals surface area contributed by atoms with Crippen LogP contribution in [-0.4, -0.2) is 53.0 Å². The molecule has 3 amide bonds. The Bertz CT molecular complexity index is 922. The number of hydrogen-bond donors (Lipinski definition) is 3. The van der Waals surface area contributed by atoms with Crippen LogP contribution in [0, 0.1) is 23.7 Å². The van der Waals surface area contributed by atoms with Gasteiger partial charge in [0.25, 0.3) is 0 Å².